The van der Waals surface area contributed by atoms with Crippen LogP contribution in [0.15, 0.2) is 6.07 Å². The van der Waals surface area contributed by atoms with Crippen LogP contribution in [-0.4, -0.2) is 79.5 Å². The maximum atomic E-state index is 12.5. The van der Waals surface area contributed by atoms with Gasteiger partial charge in [-0.2, -0.15) is 22.5 Å². The first-order valence-electron chi connectivity index (χ1n) is 8.26. The zero-order chi connectivity index (χ0) is 18.8. The lowest BCUT2D eigenvalue weighted by Gasteiger charge is -2.24. The van der Waals surface area contributed by atoms with Gasteiger partial charge in [0.05, 0.1) is 24.0 Å². The zero-order valence-corrected chi connectivity index (χ0v) is 16.4. The highest BCUT2D eigenvalue weighted by atomic mass is 32.2. The molecule has 0 radical (unpaired) electrons. The molecular weight excluding hydrogens is 344 g/mol. The molecule has 1 atom stereocenters. The molecule has 1 fully saturated rings. The molecule has 0 saturated carbocycles. The van der Waals surface area contributed by atoms with Gasteiger partial charge in [-0.1, -0.05) is 0 Å². The van der Waals surface area contributed by atoms with Crippen molar-refractivity contribution in [3.63, 3.8) is 0 Å². The van der Waals surface area contributed by atoms with Crippen LogP contribution in [0.1, 0.15) is 30.3 Å². The molecule has 0 spiro atoms. The van der Waals surface area contributed by atoms with Crippen LogP contribution in [0.25, 0.3) is 0 Å². The third-order valence-electron chi connectivity index (χ3n) is 4.27. The molecular formula is C15H28N6O3S. The summed E-state index contributed by atoms with van der Waals surface area (Å²) < 4.78 is 28.8. The van der Waals surface area contributed by atoms with Crippen LogP contribution in [0.4, 0.5) is 0 Å². The van der Waals surface area contributed by atoms with E-state index in [4.69, 9.17) is 0 Å². The van der Waals surface area contributed by atoms with Crippen molar-refractivity contribution in [2.24, 2.45) is 7.05 Å². The fourth-order valence-corrected chi connectivity index (χ4v) is 3.49. The monoisotopic (exact) mass is 372 g/mol. The number of amides is 1. The number of carbonyl (C=O) groups excluding carboxylic acids is 1. The molecule has 1 aliphatic rings. The number of likely N-dealkylation sites (tertiary alicyclic amines) is 1. The fourth-order valence-electron chi connectivity index (χ4n) is 2.92. The summed E-state index contributed by atoms with van der Waals surface area (Å²) in [5.41, 5.74) is 1.94. The molecule has 1 amide bonds. The van der Waals surface area contributed by atoms with E-state index >= 15 is 0 Å². The second-order valence-corrected chi connectivity index (χ2v) is 8.74. The molecule has 10 heteroatoms. The van der Waals surface area contributed by atoms with Crippen molar-refractivity contribution >= 4 is 16.1 Å². The molecule has 2 heterocycles. The van der Waals surface area contributed by atoms with Crippen molar-refractivity contribution < 1.29 is 13.2 Å². The Balaban J connectivity index is 2.08. The summed E-state index contributed by atoms with van der Waals surface area (Å²) >= 11 is 0. The van der Waals surface area contributed by atoms with E-state index in [1.807, 2.05) is 31.9 Å². The number of nitrogens with one attached hydrogen (secondary N) is 1. The first-order valence-corrected chi connectivity index (χ1v) is 9.70. The minimum absolute atomic E-state index is 0.0986. The zero-order valence-electron chi connectivity index (χ0n) is 15.6. The lowest BCUT2D eigenvalue weighted by atomic mass is 10.1. The molecule has 1 aliphatic heterocycles. The van der Waals surface area contributed by atoms with E-state index in [9.17, 15) is 13.2 Å². The van der Waals surface area contributed by atoms with Crippen molar-refractivity contribution in [1.29, 1.82) is 0 Å². The van der Waals surface area contributed by atoms with Gasteiger partial charge >= 0.3 is 0 Å². The van der Waals surface area contributed by atoms with Gasteiger partial charge < -0.3 is 9.80 Å². The molecule has 142 valence electrons. The average Bonchev–Trinajstić information content (AvgIpc) is 3.11. The van der Waals surface area contributed by atoms with Gasteiger partial charge in [-0.05, 0) is 33.0 Å². The maximum Gasteiger partial charge on any atom is 0.279 e. The Labute approximate surface area is 149 Å². The van der Waals surface area contributed by atoms with Gasteiger partial charge in [0.15, 0.2) is 0 Å². The third kappa shape index (κ3) is 4.78. The summed E-state index contributed by atoms with van der Waals surface area (Å²) in [4.78, 5) is 16.3. The van der Waals surface area contributed by atoms with E-state index in [-0.39, 0.29) is 18.5 Å². The van der Waals surface area contributed by atoms with Crippen LogP contribution in [-0.2, 0) is 28.6 Å². The number of rotatable bonds is 7. The van der Waals surface area contributed by atoms with E-state index in [2.05, 4.69) is 14.7 Å². The summed E-state index contributed by atoms with van der Waals surface area (Å²) in [5.74, 6) is -0.229. The molecule has 25 heavy (non-hydrogen) atoms. The molecule has 0 bridgehead atoms. The first-order chi connectivity index (χ1) is 11.6. The van der Waals surface area contributed by atoms with Gasteiger partial charge in [0.2, 0.25) is 5.91 Å². The van der Waals surface area contributed by atoms with Crippen molar-refractivity contribution in [2.75, 3.05) is 41.3 Å². The van der Waals surface area contributed by atoms with Crippen molar-refractivity contribution in [3.05, 3.63) is 17.5 Å². The van der Waals surface area contributed by atoms with Crippen LogP contribution < -0.4 is 4.72 Å². The predicted molar refractivity (Wildman–Crippen MR) is 94.9 cm³/mol. The maximum absolute atomic E-state index is 12.5. The van der Waals surface area contributed by atoms with Crippen LogP contribution in [0, 0.1) is 0 Å². The third-order valence-corrected chi connectivity index (χ3v) is 5.75. The SMILES string of the molecule is CN(C)Cc1cc([C@H]2CCCN2C(=O)CNS(=O)(=O)N(C)C)nn1C. The number of nitrogens with zero attached hydrogens (tertiary/aromatic N) is 5. The topological polar surface area (TPSA) is 90.8 Å². The second kappa shape index (κ2) is 7.81. The van der Waals surface area contributed by atoms with Gasteiger partial charge in [-0.25, -0.2) is 0 Å². The van der Waals surface area contributed by atoms with E-state index in [1.165, 1.54) is 14.1 Å². The van der Waals surface area contributed by atoms with Crippen molar-refractivity contribution in [2.45, 2.75) is 25.4 Å². The van der Waals surface area contributed by atoms with Crippen LogP contribution in [0.2, 0.25) is 0 Å². The molecule has 0 unspecified atom stereocenters. The molecule has 2 rings (SSSR count). The lowest BCUT2D eigenvalue weighted by Crippen LogP contribution is -2.43. The fraction of sp³-hybridized carbons (Fsp3) is 0.733. The molecule has 0 aliphatic carbocycles. The number of hydrogen-bond donors (Lipinski definition) is 1. The summed E-state index contributed by atoms with van der Waals surface area (Å²) in [6.07, 6.45) is 1.72. The number of hydrogen-bond acceptors (Lipinski definition) is 5. The Morgan fingerprint density at radius 2 is 2.04 bits per heavy atom. The Morgan fingerprint density at radius 3 is 2.64 bits per heavy atom. The van der Waals surface area contributed by atoms with E-state index < -0.39 is 10.2 Å². The van der Waals surface area contributed by atoms with Gasteiger partial charge in [0.1, 0.15) is 0 Å². The van der Waals surface area contributed by atoms with Gasteiger partial charge in [0.25, 0.3) is 10.2 Å². The standard InChI is InChI=1S/C15H28N6O3S/c1-18(2)11-12-9-13(17-20(12)5)14-7-6-8-21(14)15(22)10-16-25(23,24)19(3)4/h9,14,16H,6-8,10-11H2,1-5H3/t14-/m1/s1. The normalized spacial score (nSPS) is 18.5. The average molecular weight is 372 g/mol. The Kier molecular flexibility index (Phi) is 6.20. The largest absolute Gasteiger partial charge is 0.333 e. The van der Waals surface area contributed by atoms with Crippen molar-refractivity contribution in [1.82, 2.24) is 28.6 Å². The molecule has 9 nitrogen and oxygen atoms in total. The van der Waals surface area contributed by atoms with Crippen molar-refractivity contribution in [3.8, 4) is 0 Å². The van der Waals surface area contributed by atoms with Crippen LogP contribution >= 0.6 is 0 Å². The predicted octanol–water partition coefficient (Wildman–Crippen LogP) is -0.459. The number of aryl methyl sites for hydroxylation is 1. The molecule has 1 aromatic rings. The quantitative estimate of drug-likeness (QED) is 0.700. The second-order valence-electron chi connectivity index (χ2n) is 6.78. The minimum Gasteiger partial charge on any atom is -0.333 e. The van der Waals surface area contributed by atoms with Gasteiger partial charge in [0, 0.05) is 34.2 Å². The van der Waals surface area contributed by atoms with Crippen LogP contribution in [0.5, 0.6) is 0 Å². The summed E-state index contributed by atoms with van der Waals surface area (Å²) in [6.45, 7) is 1.15. The van der Waals surface area contributed by atoms with Gasteiger partial charge in [-0.3, -0.25) is 9.48 Å². The van der Waals surface area contributed by atoms with E-state index in [0.29, 0.717) is 6.54 Å². The highest BCUT2D eigenvalue weighted by Gasteiger charge is 2.32. The smallest absolute Gasteiger partial charge is 0.279 e. The van der Waals surface area contributed by atoms with Crippen LogP contribution in [0.3, 0.4) is 0 Å². The molecule has 1 saturated heterocycles. The Hall–Kier alpha value is -1.49. The highest BCUT2D eigenvalue weighted by Crippen LogP contribution is 2.31. The minimum atomic E-state index is -3.61. The Morgan fingerprint density at radius 1 is 1.36 bits per heavy atom. The number of carbonyl (C=O) groups is 1. The molecule has 1 aromatic heterocycles. The van der Waals surface area contributed by atoms with E-state index in [0.717, 1.165) is 35.1 Å². The Bertz CT molecular complexity index is 713. The highest BCUT2D eigenvalue weighted by molar-refractivity contribution is 7.87. The number of aromatic nitrogens is 2. The lowest BCUT2D eigenvalue weighted by molar-refractivity contribution is -0.130. The molecule has 0 aromatic carbocycles. The summed E-state index contributed by atoms with van der Waals surface area (Å²) in [5, 5.41) is 4.56. The summed E-state index contributed by atoms with van der Waals surface area (Å²) in [6, 6.07) is 1.93. The van der Waals surface area contributed by atoms with Gasteiger partial charge in [-0.15, -0.1) is 0 Å². The summed E-state index contributed by atoms with van der Waals surface area (Å²) in [7, 11) is 5.12. The molecule has 1 N–H and O–H groups in total. The first kappa shape index (κ1) is 19.8. The van der Waals surface area contributed by atoms with E-state index in [1.54, 1.807) is 4.90 Å².